The van der Waals surface area contributed by atoms with Crippen LogP contribution in [0.1, 0.15) is 37.6 Å². The van der Waals surface area contributed by atoms with Crippen LogP contribution in [0.25, 0.3) is 0 Å². The molecule has 0 aliphatic carbocycles. The molecule has 1 atom stereocenters. The number of hydrogen-bond acceptors (Lipinski definition) is 3. The van der Waals surface area contributed by atoms with E-state index in [0.29, 0.717) is 11.8 Å². The van der Waals surface area contributed by atoms with Crippen molar-refractivity contribution in [2.45, 2.75) is 43.4 Å². The fourth-order valence-electron chi connectivity index (χ4n) is 1.52. The van der Waals surface area contributed by atoms with Gasteiger partial charge in [0, 0.05) is 22.7 Å². The van der Waals surface area contributed by atoms with Gasteiger partial charge in [0.25, 0.3) is 5.91 Å². The second-order valence-corrected chi connectivity index (χ2v) is 6.30. The average molecular weight is 303 g/mol. The maximum Gasteiger partial charge on any atom is 0.252 e. The van der Waals surface area contributed by atoms with Gasteiger partial charge in [0.1, 0.15) is 0 Å². The van der Waals surface area contributed by atoms with E-state index in [4.69, 9.17) is 5.73 Å². The van der Waals surface area contributed by atoms with E-state index in [1.165, 1.54) is 0 Å². The molecule has 0 aliphatic heterocycles. The lowest BCUT2D eigenvalue weighted by atomic mass is 10.2. The van der Waals surface area contributed by atoms with Gasteiger partial charge >= 0.3 is 0 Å². The number of benzene rings is 1. The van der Waals surface area contributed by atoms with Crippen molar-refractivity contribution in [1.82, 2.24) is 5.32 Å². The van der Waals surface area contributed by atoms with E-state index in [2.05, 4.69) is 19.2 Å². The Bertz CT molecular complexity index is 397. The molecule has 0 fully saturated rings. The highest BCUT2D eigenvalue weighted by Crippen LogP contribution is 2.26. The van der Waals surface area contributed by atoms with Gasteiger partial charge in [-0.15, -0.1) is 24.2 Å². The van der Waals surface area contributed by atoms with E-state index in [9.17, 15) is 4.79 Å². The molecule has 108 valence electrons. The monoisotopic (exact) mass is 302 g/mol. The zero-order valence-electron chi connectivity index (χ0n) is 11.7. The Labute approximate surface area is 126 Å². The van der Waals surface area contributed by atoms with Crippen molar-refractivity contribution >= 4 is 30.1 Å². The molecule has 1 unspecified atom stereocenters. The van der Waals surface area contributed by atoms with Gasteiger partial charge in [-0.1, -0.05) is 26.0 Å². The van der Waals surface area contributed by atoms with Gasteiger partial charge in [-0.3, -0.25) is 4.79 Å². The topological polar surface area (TPSA) is 55.1 Å². The molecule has 5 heteroatoms. The molecule has 1 amide bonds. The SMILES string of the molecule is CC(N)CCNC(=O)c1ccccc1SC(C)C.Cl. The second kappa shape index (κ2) is 9.23. The van der Waals surface area contributed by atoms with Crippen molar-refractivity contribution in [3.8, 4) is 0 Å². The van der Waals surface area contributed by atoms with Crippen molar-refractivity contribution in [2.75, 3.05) is 6.54 Å². The molecule has 0 spiro atoms. The quantitative estimate of drug-likeness (QED) is 0.794. The molecule has 19 heavy (non-hydrogen) atoms. The van der Waals surface area contributed by atoms with Crippen LogP contribution >= 0.6 is 24.2 Å². The molecule has 3 nitrogen and oxygen atoms in total. The number of carbonyl (C=O) groups is 1. The molecule has 0 saturated heterocycles. The van der Waals surface area contributed by atoms with Crippen LogP contribution in [0, 0.1) is 0 Å². The van der Waals surface area contributed by atoms with Crippen LogP contribution in [0.3, 0.4) is 0 Å². The van der Waals surface area contributed by atoms with Gasteiger partial charge in [-0.25, -0.2) is 0 Å². The molecule has 0 radical (unpaired) electrons. The zero-order chi connectivity index (χ0) is 13.5. The Balaban J connectivity index is 0.00000324. The molecule has 1 aromatic carbocycles. The van der Waals surface area contributed by atoms with Crippen LogP contribution in [0.2, 0.25) is 0 Å². The van der Waals surface area contributed by atoms with E-state index in [-0.39, 0.29) is 24.4 Å². The molecular formula is C14H23ClN2OS. The maximum atomic E-state index is 12.1. The molecule has 0 aliphatic rings. The largest absolute Gasteiger partial charge is 0.352 e. The predicted molar refractivity (Wildman–Crippen MR) is 85.3 cm³/mol. The van der Waals surface area contributed by atoms with Crippen LogP contribution < -0.4 is 11.1 Å². The van der Waals surface area contributed by atoms with Gasteiger partial charge < -0.3 is 11.1 Å². The van der Waals surface area contributed by atoms with Crippen LogP contribution in [0.15, 0.2) is 29.2 Å². The van der Waals surface area contributed by atoms with E-state index >= 15 is 0 Å². The van der Waals surface area contributed by atoms with E-state index in [1.54, 1.807) is 11.8 Å². The summed E-state index contributed by atoms with van der Waals surface area (Å²) in [6, 6.07) is 7.83. The fourth-order valence-corrected chi connectivity index (χ4v) is 2.47. The Morgan fingerprint density at radius 1 is 1.32 bits per heavy atom. The first kappa shape index (κ1) is 18.3. The van der Waals surface area contributed by atoms with Crippen molar-refractivity contribution in [1.29, 1.82) is 0 Å². The Morgan fingerprint density at radius 3 is 2.53 bits per heavy atom. The highest BCUT2D eigenvalue weighted by molar-refractivity contribution is 8.00. The van der Waals surface area contributed by atoms with E-state index in [0.717, 1.165) is 16.9 Å². The molecule has 0 saturated carbocycles. The third kappa shape index (κ3) is 6.85. The lowest BCUT2D eigenvalue weighted by Gasteiger charge is -2.12. The molecule has 1 rings (SSSR count). The van der Waals surface area contributed by atoms with Crippen LogP contribution in [0.4, 0.5) is 0 Å². The standard InChI is InChI=1S/C14H22N2OS.ClH/c1-10(2)18-13-7-5-4-6-12(13)14(17)16-9-8-11(3)15;/h4-7,10-11H,8-9,15H2,1-3H3,(H,16,17);1H. The summed E-state index contributed by atoms with van der Waals surface area (Å²) in [5, 5.41) is 3.37. The number of thioether (sulfide) groups is 1. The van der Waals surface area contributed by atoms with Crippen LogP contribution in [-0.4, -0.2) is 23.7 Å². The molecule has 0 bridgehead atoms. The van der Waals surface area contributed by atoms with Crippen molar-refractivity contribution in [2.24, 2.45) is 5.73 Å². The predicted octanol–water partition coefficient (Wildman–Crippen LogP) is 3.08. The number of nitrogens with one attached hydrogen (secondary N) is 1. The second-order valence-electron chi connectivity index (χ2n) is 4.68. The fraction of sp³-hybridized carbons (Fsp3) is 0.500. The summed E-state index contributed by atoms with van der Waals surface area (Å²) in [4.78, 5) is 13.1. The third-order valence-corrected chi connectivity index (χ3v) is 3.46. The number of nitrogens with two attached hydrogens (primary N) is 1. The number of rotatable bonds is 6. The normalized spacial score (nSPS) is 11.8. The summed E-state index contributed by atoms with van der Waals surface area (Å²) in [5.41, 5.74) is 6.41. The van der Waals surface area contributed by atoms with Crippen LogP contribution in [0.5, 0.6) is 0 Å². The maximum absolute atomic E-state index is 12.1. The van der Waals surface area contributed by atoms with Gasteiger partial charge in [0.05, 0.1) is 5.56 Å². The molecular weight excluding hydrogens is 280 g/mol. The summed E-state index contributed by atoms with van der Waals surface area (Å²) in [7, 11) is 0. The van der Waals surface area contributed by atoms with Crippen LogP contribution in [-0.2, 0) is 0 Å². The minimum absolute atomic E-state index is 0. The average Bonchev–Trinajstić information content (AvgIpc) is 2.28. The Hall–Kier alpha value is -0.710. The molecule has 3 N–H and O–H groups in total. The highest BCUT2D eigenvalue weighted by Gasteiger charge is 2.11. The highest BCUT2D eigenvalue weighted by atomic mass is 35.5. The third-order valence-electron chi connectivity index (χ3n) is 2.38. The summed E-state index contributed by atoms with van der Waals surface area (Å²) in [6.45, 7) is 6.80. The van der Waals surface area contributed by atoms with Crippen molar-refractivity contribution in [3.63, 3.8) is 0 Å². The zero-order valence-corrected chi connectivity index (χ0v) is 13.3. The van der Waals surface area contributed by atoms with E-state index in [1.807, 2.05) is 31.2 Å². The van der Waals surface area contributed by atoms with Crippen molar-refractivity contribution < 1.29 is 4.79 Å². The number of hydrogen-bond donors (Lipinski definition) is 2. The number of amides is 1. The Kier molecular flexibility index (Phi) is 8.89. The smallest absolute Gasteiger partial charge is 0.252 e. The molecule has 0 heterocycles. The first-order chi connectivity index (χ1) is 8.50. The summed E-state index contributed by atoms with van der Waals surface area (Å²) >= 11 is 1.71. The lowest BCUT2D eigenvalue weighted by molar-refractivity contribution is 0.0950. The van der Waals surface area contributed by atoms with Crippen molar-refractivity contribution in [3.05, 3.63) is 29.8 Å². The van der Waals surface area contributed by atoms with Gasteiger partial charge in [-0.05, 0) is 25.5 Å². The number of carbonyl (C=O) groups excluding carboxylic acids is 1. The molecule has 1 aromatic rings. The number of halogens is 1. The first-order valence-electron chi connectivity index (χ1n) is 6.30. The minimum atomic E-state index is -0.0144. The summed E-state index contributed by atoms with van der Waals surface area (Å²) in [5.74, 6) is -0.0144. The van der Waals surface area contributed by atoms with Gasteiger partial charge in [0.2, 0.25) is 0 Å². The molecule has 0 aromatic heterocycles. The minimum Gasteiger partial charge on any atom is -0.352 e. The van der Waals surface area contributed by atoms with Gasteiger partial charge in [0.15, 0.2) is 0 Å². The van der Waals surface area contributed by atoms with E-state index < -0.39 is 0 Å². The summed E-state index contributed by atoms with van der Waals surface area (Å²) < 4.78 is 0. The summed E-state index contributed by atoms with van der Waals surface area (Å²) in [6.07, 6.45) is 0.797. The Morgan fingerprint density at radius 2 is 1.95 bits per heavy atom. The lowest BCUT2D eigenvalue weighted by Crippen LogP contribution is -2.29. The first-order valence-corrected chi connectivity index (χ1v) is 7.18. The van der Waals surface area contributed by atoms with Gasteiger partial charge in [-0.2, -0.15) is 0 Å².